The van der Waals surface area contributed by atoms with Gasteiger partial charge in [0.05, 0.1) is 6.54 Å². The molecule has 5 nitrogen and oxygen atoms in total. The SMILES string of the molecule is CN=C(NCc1nc(C(F)(F)F)cs1)NC1CCN(Cc2ccccc2)CC1.I. The Morgan fingerprint density at radius 2 is 1.93 bits per heavy atom. The van der Waals surface area contributed by atoms with Crippen LogP contribution in [-0.2, 0) is 19.3 Å². The molecule has 0 radical (unpaired) electrons. The van der Waals surface area contributed by atoms with Crippen molar-refractivity contribution < 1.29 is 13.2 Å². The predicted octanol–water partition coefficient (Wildman–Crippen LogP) is 4.11. The molecule has 2 aromatic rings. The maximum Gasteiger partial charge on any atom is 0.434 e. The molecule has 0 amide bonds. The van der Waals surface area contributed by atoms with Crippen LogP contribution < -0.4 is 10.6 Å². The van der Waals surface area contributed by atoms with E-state index in [9.17, 15) is 13.2 Å². The maximum absolute atomic E-state index is 12.6. The van der Waals surface area contributed by atoms with Gasteiger partial charge in [-0.15, -0.1) is 35.3 Å². The molecule has 2 heterocycles. The summed E-state index contributed by atoms with van der Waals surface area (Å²) in [5, 5.41) is 7.84. The van der Waals surface area contributed by atoms with Crippen molar-refractivity contribution in [3.63, 3.8) is 0 Å². The van der Waals surface area contributed by atoms with E-state index in [0.29, 0.717) is 17.0 Å². The highest BCUT2D eigenvalue weighted by Crippen LogP contribution is 2.29. The Labute approximate surface area is 189 Å². The van der Waals surface area contributed by atoms with Gasteiger partial charge in [-0.1, -0.05) is 30.3 Å². The van der Waals surface area contributed by atoms with Crippen LogP contribution in [0.5, 0.6) is 0 Å². The van der Waals surface area contributed by atoms with Gasteiger partial charge in [0, 0.05) is 38.1 Å². The minimum atomic E-state index is -4.40. The van der Waals surface area contributed by atoms with E-state index < -0.39 is 11.9 Å². The highest BCUT2D eigenvalue weighted by Gasteiger charge is 2.33. The average Bonchev–Trinajstić information content (AvgIpc) is 3.17. The Balaban J connectivity index is 0.00000300. The van der Waals surface area contributed by atoms with Crippen molar-refractivity contribution in [1.82, 2.24) is 20.5 Å². The maximum atomic E-state index is 12.6. The number of halogens is 4. The molecule has 1 aliphatic heterocycles. The average molecular weight is 539 g/mol. The molecule has 0 atom stereocenters. The number of piperidine rings is 1. The fourth-order valence-corrected chi connectivity index (χ4v) is 3.89. The number of alkyl halides is 3. The fraction of sp³-hybridized carbons (Fsp3) is 0.474. The van der Waals surface area contributed by atoms with Gasteiger partial charge in [0.1, 0.15) is 5.01 Å². The number of guanidine groups is 1. The van der Waals surface area contributed by atoms with Crippen LogP contribution >= 0.6 is 35.3 Å². The third-order valence-corrected chi connectivity index (χ3v) is 5.50. The summed E-state index contributed by atoms with van der Waals surface area (Å²) in [6, 6.07) is 10.7. The molecule has 1 aromatic heterocycles. The lowest BCUT2D eigenvalue weighted by molar-refractivity contribution is -0.140. The molecular weight excluding hydrogens is 514 g/mol. The predicted molar refractivity (Wildman–Crippen MR) is 121 cm³/mol. The number of likely N-dealkylation sites (tertiary alicyclic amines) is 1. The normalized spacial score (nSPS) is 16.3. The molecule has 1 aliphatic rings. The van der Waals surface area contributed by atoms with Gasteiger partial charge in [-0.3, -0.25) is 9.89 Å². The van der Waals surface area contributed by atoms with Crippen molar-refractivity contribution in [2.24, 2.45) is 4.99 Å². The van der Waals surface area contributed by atoms with Gasteiger partial charge in [-0.05, 0) is 18.4 Å². The number of aromatic nitrogens is 1. The number of hydrogen-bond acceptors (Lipinski definition) is 4. The van der Waals surface area contributed by atoms with E-state index in [-0.39, 0.29) is 30.5 Å². The molecule has 10 heteroatoms. The van der Waals surface area contributed by atoms with Crippen LogP contribution in [0.25, 0.3) is 0 Å². The van der Waals surface area contributed by atoms with Gasteiger partial charge in [0.2, 0.25) is 0 Å². The summed E-state index contributed by atoms with van der Waals surface area (Å²) in [6.45, 7) is 3.15. The number of thiazole rings is 1. The molecule has 1 saturated heterocycles. The topological polar surface area (TPSA) is 52.6 Å². The second-order valence-corrected chi connectivity index (χ2v) is 7.67. The van der Waals surface area contributed by atoms with Crippen molar-refractivity contribution in [2.75, 3.05) is 20.1 Å². The minimum Gasteiger partial charge on any atom is -0.354 e. The lowest BCUT2D eigenvalue weighted by Crippen LogP contribution is -2.48. The fourth-order valence-electron chi connectivity index (χ4n) is 3.15. The standard InChI is InChI=1S/C19H24F3N5S.HI/c1-23-18(24-11-17-26-16(13-28-17)19(20,21)22)25-15-7-9-27(10-8-15)12-14-5-3-2-4-6-14;/h2-6,13,15H,7-12H2,1H3,(H2,23,24,25);1H. The first-order chi connectivity index (χ1) is 13.4. The Morgan fingerprint density at radius 1 is 1.24 bits per heavy atom. The highest BCUT2D eigenvalue weighted by atomic mass is 127. The van der Waals surface area contributed by atoms with Gasteiger partial charge in [-0.2, -0.15) is 13.2 Å². The summed E-state index contributed by atoms with van der Waals surface area (Å²) in [5.41, 5.74) is 0.469. The smallest absolute Gasteiger partial charge is 0.354 e. The quantitative estimate of drug-likeness (QED) is 0.341. The van der Waals surface area contributed by atoms with Crippen molar-refractivity contribution >= 4 is 41.3 Å². The van der Waals surface area contributed by atoms with Crippen LogP contribution in [0, 0.1) is 0 Å². The molecule has 1 aromatic carbocycles. The molecule has 29 heavy (non-hydrogen) atoms. The Morgan fingerprint density at radius 3 is 2.52 bits per heavy atom. The van der Waals surface area contributed by atoms with Gasteiger partial charge in [0.15, 0.2) is 11.7 Å². The summed E-state index contributed by atoms with van der Waals surface area (Å²) in [6.07, 6.45) is -2.42. The minimum absolute atomic E-state index is 0. The third kappa shape index (κ3) is 7.41. The first kappa shape index (κ1) is 23.9. The molecule has 1 fully saturated rings. The molecule has 0 unspecified atom stereocenters. The van der Waals surface area contributed by atoms with Crippen LogP contribution in [0.4, 0.5) is 13.2 Å². The molecule has 160 valence electrons. The second kappa shape index (κ2) is 11.1. The zero-order valence-corrected chi connectivity index (χ0v) is 19.2. The van der Waals surface area contributed by atoms with Gasteiger partial charge in [0.25, 0.3) is 0 Å². The molecule has 0 aliphatic carbocycles. The molecular formula is C19H25F3IN5S. The Hall–Kier alpha value is -1.40. The molecule has 3 rings (SSSR count). The van der Waals surface area contributed by atoms with E-state index in [4.69, 9.17) is 0 Å². The lowest BCUT2D eigenvalue weighted by atomic mass is 10.0. The number of hydrogen-bond donors (Lipinski definition) is 2. The van der Waals surface area contributed by atoms with E-state index in [1.807, 2.05) is 6.07 Å². The number of nitrogens with one attached hydrogen (secondary N) is 2. The van der Waals surface area contributed by atoms with Crippen molar-refractivity contribution in [1.29, 1.82) is 0 Å². The number of aliphatic imine (C=N–C) groups is 1. The third-order valence-electron chi connectivity index (χ3n) is 4.65. The number of nitrogens with zero attached hydrogens (tertiary/aromatic N) is 3. The molecule has 0 bridgehead atoms. The summed E-state index contributed by atoms with van der Waals surface area (Å²) < 4.78 is 37.9. The van der Waals surface area contributed by atoms with E-state index >= 15 is 0 Å². The van der Waals surface area contributed by atoms with Crippen molar-refractivity contribution in [2.45, 2.75) is 38.1 Å². The first-order valence-electron chi connectivity index (χ1n) is 9.19. The summed E-state index contributed by atoms with van der Waals surface area (Å²) in [7, 11) is 1.66. The van der Waals surface area contributed by atoms with E-state index in [1.165, 1.54) is 5.56 Å². The zero-order valence-electron chi connectivity index (χ0n) is 16.1. The molecule has 0 spiro atoms. The van der Waals surface area contributed by atoms with E-state index in [0.717, 1.165) is 49.2 Å². The van der Waals surface area contributed by atoms with Crippen LogP contribution in [0.3, 0.4) is 0 Å². The second-order valence-electron chi connectivity index (χ2n) is 6.73. The monoisotopic (exact) mass is 539 g/mol. The van der Waals surface area contributed by atoms with E-state index in [1.54, 1.807) is 7.05 Å². The van der Waals surface area contributed by atoms with Crippen LogP contribution in [-0.4, -0.2) is 42.0 Å². The van der Waals surface area contributed by atoms with Gasteiger partial charge >= 0.3 is 6.18 Å². The number of rotatable bonds is 5. The molecule has 2 N–H and O–H groups in total. The zero-order chi connectivity index (χ0) is 20.0. The summed E-state index contributed by atoms with van der Waals surface area (Å²) in [4.78, 5) is 10.2. The summed E-state index contributed by atoms with van der Waals surface area (Å²) >= 11 is 0.993. The lowest BCUT2D eigenvalue weighted by Gasteiger charge is -2.33. The van der Waals surface area contributed by atoms with Crippen molar-refractivity contribution in [3.8, 4) is 0 Å². The number of benzene rings is 1. The van der Waals surface area contributed by atoms with Gasteiger partial charge < -0.3 is 10.6 Å². The van der Waals surface area contributed by atoms with Crippen molar-refractivity contribution in [3.05, 3.63) is 52.0 Å². The van der Waals surface area contributed by atoms with Crippen LogP contribution in [0.2, 0.25) is 0 Å². The van der Waals surface area contributed by atoms with Gasteiger partial charge in [-0.25, -0.2) is 4.98 Å². The summed E-state index contributed by atoms with van der Waals surface area (Å²) in [5.74, 6) is 0.588. The Kier molecular flexibility index (Phi) is 9.15. The van der Waals surface area contributed by atoms with Crippen LogP contribution in [0.1, 0.15) is 29.1 Å². The Bertz CT molecular complexity index is 774. The largest absolute Gasteiger partial charge is 0.434 e. The highest BCUT2D eigenvalue weighted by molar-refractivity contribution is 14.0. The van der Waals surface area contributed by atoms with E-state index in [2.05, 4.69) is 49.8 Å². The van der Waals surface area contributed by atoms with Crippen LogP contribution in [0.15, 0.2) is 40.7 Å². The first-order valence-corrected chi connectivity index (χ1v) is 10.1. The molecule has 0 saturated carbocycles.